The summed E-state index contributed by atoms with van der Waals surface area (Å²) in [6, 6.07) is 5.40. The minimum absolute atomic E-state index is 0.198. The van der Waals surface area contributed by atoms with E-state index in [0.29, 0.717) is 24.5 Å². The normalized spacial score (nSPS) is 19.1. The highest BCUT2D eigenvalue weighted by Crippen LogP contribution is 2.30. The van der Waals surface area contributed by atoms with Crippen LogP contribution in [0.4, 0.5) is 10.1 Å². The molecule has 0 radical (unpaired) electrons. The minimum atomic E-state index is -0.390. The van der Waals surface area contributed by atoms with Crippen molar-refractivity contribution in [3.05, 3.63) is 28.0 Å². The van der Waals surface area contributed by atoms with Gasteiger partial charge in [-0.1, -0.05) is 0 Å². The second kappa shape index (κ2) is 5.03. The van der Waals surface area contributed by atoms with Crippen LogP contribution in [0.2, 0.25) is 0 Å². The summed E-state index contributed by atoms with van der Waals surface area (Å²) in [4.78, 5) is 1.87. The van der Waals surface area contributed by atoms with E-state index in [2.05, 4.69) is 15.9 Å². The summed E-state index contributed by atoms with van der Waals surface area (Å²) in [5.41, 5.74) is 0.800. The molecule has 0 spiro atoms. The van der Waals surface area contributed by atoms with Gasteiger partial charge in [-0.15, -0.1) is 0 Å². The second-order valence-corrected chi connectivity index (χ2v) is 4.79. The van der Waals surface area contributed by atoms with Gasteiger partial charge in [-0.2, -0.15) is 5.26 Å². The number of rotatable bonds is 2. The molecule has 0 bridgehead atoms. The second-order valence-electron chi connectivity index (χ2n) is 4.00. The number of nitriles is 1. The number of hydrogen-bond donors (Lipinski definition) is 0. The number of anilines is 1. The number of halogens is 2. The predicted molar refractivity (Wildman–Crippen MR) is 66.4 cm³/mol. The fourth-order valence-electron chi connectivity index (χ4n) is 1.92. The van der Waals surface area contributed by atoms with Crippen molar-refractivity contribution < 1.29 is 9.13 Å². The van der Waals surface area contributed by atoms with Gasteiger partial charge >= 0.3 is 0 Å². The van der Waals surface area contributed by atoms with E-state index in [4.69, 9.17) is 10.00 Å². The summed E-state index contributed by atoms with van der Waals surface area (Å²) in [7, 11) is 1.84. The van der Waals surface area contributed by atoms with Gasteiger partial charge in [-0.25, -0.2) is 4.39 Å². The molecule has 3 nitrogen and oxygen atoms in total. The van der Waals surface area contributed by atoms with Crippen LogP contribution in [0.25, 0.3) is 0 Å². The van der Waals surface area contributed by atoms with Gasteiger partial charge in [0.2, 0.25) is 0 Å². The van der Waals surface area contributed by atoms with Gasteiger partial charge < -0.3 is 9.64 Å². The molecule has 0 aromatic heterocycles. The van der Waals surface area contributed by atoms with Crippen molar-refractivity contribution in [3.8, 4) is 6.07 Å². The Bertz CT molecular complexity index is 466. The number of likely N-dealkylation sites (N-methyl/N-ethyl adjacent to an activating group) is 1. The van der Waals surface area contributed by atoms with E-state index < -0.39 is 5.82 Å². The zero-order valence-electron chi connectivity index (χ0n) is 9.41. The van der Waals surface area contributed by atoms with Crippen LogP contribution in [-0.2, 0) is 4.74 Å². The fourth-order valence-corrected chi connectivity index (χ4v) is 2.35. The lowest BCUT2D eigenvalue weighted by Gasteiger charge is -2.26. The maximum absolute atomic E-state index is 14.1. The Morgan fingerprint density at radius 3 is 2.94 bits per heavy atom. The Labute approximate surface area is 108 Å². The molecule has 1 heterocycles. The smallest absolute Gasteiger partial charge is 0.161 e. The molecule has 1 unspecified atom stereocenters. The molecule has 0 amide bonds. The van der Waals surface area contributed by atoms with Crippen LogP contribution in [0, 0.1) is 17.1 Å². The van der Waals surface area contributed by atoms with E-state index in [1.54, 1.807) is 12.1 Å². The van der Waals surface area contributed by atoms with E-state index in [-0.39, 0.29) is 10.5 Å². The van der Waals surface area contributed by atoms with Gasteiger partial charge in [-0.05, 0) is 34.5 Å². The lowest BCUT2D eigenvalue weighted by Crippen LogP contribution is -2.32. The maximum Gasteiger partial charge on any atom is 0.161 e. The number of hydrogen-bond acceptors (Lipinski definition) is 3. The molecule has 1 aromatic carbocycles. The van der Waals surface area contributed by atoms with E-state index in [0.717, 1.165) is 6.42 Å². The van der Waals surface area contributed by atoms with E-state index >= 15 is 0 Å². The van der Waals surface area contributed by atoms with Gasteiger partial charge in [0.05, 0.1) is 28.4 Å². The third-order valence-corrected chi connectivity index (χ3v) is 3.79. The molecule has 2 rings (SSSR count). The van der Waals surface area contributed by atoms with Gasteiger partial charge in [-0.3, -0.25) is 0 Å². The Kier molecular flexibility index (Phi) is 3.65. The van der Waals surface area contributed by atoms with Crippen LogP contribution in [-0.4, -0.2) is 26.3 Å². The molecular formula is C12H12BrFN2O. The van der Waals surface area contributed by atoms with Crippen molar-refractivity contribution in [1.29, 1.82) is 5.26 Å². The topological polar surface area (TPSA) is 36.3 Å². The molecule has 0 N–H and O–H groups in total. The Morgan fingerprint density at radius 1 is 1.59 bits per heavy atom. The summed E-state index contributed by atoms with van der Waals surface area (Å²) in [6.45, 7) is 1.33. The van der Waals surface area contributed by atoms with Crippen LogP contribution in [0.15, 0.2) is 16.6 Å². The molecule has 0 saturated carbocycles. The van der Waals surface area contributed by atoms with E-state index in [1.165, 1.54) is 0 Å². The van der Waals surface area contributed by atoms with Crippen LogP contribution >= 0.6 is 15.9 Å². The molecule has 1 fully saturated rings. The van der Waals surface area contributed by atoms with Crippen LogP contribution in [0.3, 0.4) is 0 Å². The van der Waals surface area contributed by atoms with Gasteiger partial charge in [0.15, 0.2) is 5.82 Å². The first kappa shape index (κ1) is 12.3. The largest absolute Gasteiger partial charge is 0.379 e. The SMILES string of the molecule is CN(c1ccc(C#N)c(Br)c1F)C1CCOC1. The van der Waals surface area contributed by atoms with Crippen LogP contribution in [0.5, 0.6) is 0 Å². The van der Waals surface area contributed by atoms with Gasteiger partial charge in [0.1, 0.15) is 6.07 Å². The molecule has 1 atom stereocenters. The van der Waals surface area contributed by atoms with Crippen molar-refractivity contribution >= 4 is 21.6 Å². The summed E-state index contributed by atoms with van der Waals surface area (Å²) in [5.74, 6) is -0.390. The predicted octanol–water partition coefficient (Wildman–Crippen LogP) is 2.68. The highest BCUT2D eigenvalue weighted by atomic mass is 79.9. The van der Waals surface area contributed by atoms with Crippen molar-refractivity contribution in [3.63, 3.8) is 0 Å². The Hall–Kier alpha value is -1.12. The molecule has 1 aliphatic rings. The Balaban J connectivity index is 2.33. The lowest BCUT2D eigenvalue weighted by molar-refractivity contribution is 0.193. The van der Waals surface area contributed by atoms with E-state index in [1.807, 2.05) is 18.0 Å². The molecule has 1 aromatic rings. The standard InChI is InChI=1S/C12H12BrFN2O/c1-16(9-4-5-17-7-9)10-3-2-8(6-15)11(13)12(10)14/h2-3,9H,4-5,7H2,1H3. The average Bonchev–Trinajstić information content (AvgIpc) is 2.85. The molecular weight excluding hydrogens is 287 g/mol. The summed E-state index contributed by atoms with van der Waals surface area (Å²) < 4.78 is 19.6. The molecule has 1 aliphatic heterocycles. The van der Waals surface area contributed by atoms with E-state index in [9.17, 15) is 4.39 Å². The highest BCUT2D eigenvalue weighted by Gasteiger charge is 2.23. The van der Waals surface area contributed by atoms with Crippen molar-refractivity contribution in [2.45, 2.75) is 12.5 Å². The third-order valence-electron chi connectivity index (χ3n) is 3.02. The zero-order valence-corrected chi connectivity index (χ0v) is 11.0. The maximum atomic E-state index is 14.1. The highest BCUT2D eigenvalue weighted by molar-refractivity contribution is 9.10. The molecule has 1 saturated heterocycles. The van der Waals surface area contributed by atoms with Gasteiger partial charge in [0.25, 0.3) is 0 Å². The first-order valence-electron chi connectivity index (χ1n) is 5.34. The minimum Gasteiger partial charge on any atom is -0.379 e. The van der Waals surface area contributed by atoms with Crippen molar-refractivity contribution in [2.75, 3.05) is 25.2 Å². The van der Waals surface area contributed by atoms with Crippen molar-refractivity contribution in [2.24, 2.45) is 0 Å². The number of ether oxygens (including phenoxy) is 1. The number of benzene rings is 1. The first-order chi connectivity index (χ1) is 8.15. The first-order valence-corrected chi connectivity index (χ1v) is 6.13. The summed E-state index contributed by atoms with van der Waals surface area (Å²) in [6.07, 6.45) is 0.896. The molecule has 0 aliphatic carbocycles. The van der Waals surface area contributed by atoms with Gasteiger partial charge in [0, 0.05) is 13.7 Å². The molecule has 17 heavy (non-hydrogen) atoms. The summed E-state index contributed by atoms with van der Waals surface area (Å²) >= 11 is 3.11. The molecule has 5 heteroatoms. The Morgan fingerprint density at radius 2 is 2.35 bits per heavy atom. The van der Waals surface area contributed by atoms with Crippen molar-refractivity contribution in [1.82, 2.24) is 0 Å². The number of nitrogens with zero attached hydrogens (tertiary/aromatic N) is 2. The fraction of sp³-hybridized carbons (Fsp3) is 0.417. The van der Waals surface area contributed by atoms with Crippen LogP contribution in [0.1, 0.15) is 12.0 Å². The average molecular weight is 299 g/mol. The third kappa shape index (κ3) is 2.28. The quantitative estimate of drug-likeness (QED) is 0.842. The summed E-state index contributed by atoms with van der Waals surface area (Å²) in [5, 5.41) is 8.80. The monoisotopic (exact) mass is 298 g/mol. The zero-order chi connectivity index (χ0) is 12.4. The molecule has 90 valence electrons. The van der Waals surface area contributed by atoms with Crippen LogP contribution < -0.4 is 4.90 Å². The lowest BCUT2D eigenvalue weighted by atomic mass is 10.1.